The number of methoxy groups -OCH3 is 1. The SMILES string of the molecule is COc1c(I)c(I)cc(C(=O)Nc2scc(-c3ccc(Cl)cc3)c2C(=O)O)c1I. The molecule has 0 fully saturated rings. The number of halogens is 4. The van der Waals surface area contributed by atoms with Crippen LogP contribution < -0.4 is 10.1 Å². The summed E-state index contributed by atoms with van der Waals surface area (Å²) in [4.78, 5) is 24.9. The molecule has 0 atom stereocenters. The Hall–Kier alpha value is -0.640. The van der Waals surface area contributed by atoms with E-state index in [2.05, 4.69) is 73.1 Å². The second-order valence-electron chi connectivity index (χ2n) is 5.69. The van der Waals surface area contributed by atoms with Gasteiger partial charge in [-0.3, -0.25) is 4.79 Å². The lowest BCUT2D eigenvalue weighted by Gasteiger charge is -2.13. The Morgan fingerprint density at radius 3 is 2.38 bits per heavy atom. The normalized spacial score (nSPS) is 10.7. The molecule has 3 rings (SSSR count). The first-order chi connectivity index (χ1) is 13.7. The number of aromatic carboxylic acids is 1. The van der Waals surface area contributed by atoms with Crippen molar-refractivity contribution < 1.29 is 19.4 Å². The van der Waals surface area contributed by atoms with Gasteiger partial charge in [-0.2, -0.15) is 0 Å². The van der Waals surface area contributed by atoms with Crippen LogP contribution in [0.2, 0.25) is 5.02 Å². The van der Waals surface area contributed by atoms with Crippen LogP contribution in [0.15, 0.2) is 35.7 Å². The van der Waals surface area contributed by atoms with Crippen LogP contribution >= 0.6 is 90.7 Å². The highest BCUT2D eigenvalue weighted by Crippen LogP contribution is 2.38. The van der Waals surface area contributed by atoms with Crippen molar-refractivity contribution in [2.75, 3.05) is 12.4 Å². The molecular formula is C19H11ClI3NO4S. The minimum absolute atomic E-state index is 0.0489. The first-order valence-corrected chi connectivity index (χ1v) is 12.4. The molecule has 0 aliphatic rings. The van der Waals surface area contributed by atoms with Gasteiger partial charge in [-0.25, -0.2) is 4.79 Å². The second-order valence-corrected chi connectivity index (χ2v) is 10.3. The zero-order valence-corrected chi connectivity index (χ0v) is 22.6. The van der Waals surface area contributed by atoms with Crippen LogP contribution in [0.4, 0.5) is 5.00 Å². The number of thiophene rings is 1. The Balaban J connectivity index is 2.01. The summed E-state index contributed by atoms with van der Waals surface area (Å²) in [5, 5.41) is 15.1. The highest BCUT2D eigenvalue weighted by molar-refractivity contribution is 14.1. The van der Waals surface area contributed by atoms with E-state index in [0.717, 1.165) is 7.14 Å². The number of anilines is 1. The molecule has 1 aromatic heterocycles. The number of benzene rings is 2. The Kier molecular flexibility index (Phi) is 7.67. The average Bonchev–Trinajstić information content (AvgIpc) is 3.09. The monoisotopic (exact) mass is 765 g/mol. The Morgan fingerprint density at radius 1 is 1.14 bits per heavy atom. The van der Waals surface area contributed by atoms with E-state index >= 15 is 0 Å². The molecule has 10 heteroatoms. The lowest BCUT2D eigenvalue weighted by Crippen LogP contribution is -2.16. The fourth-order valence-electron chi connectivity index (χ4n) is 2.60. The van der Waals surface area contributed by atoms with E-state index < -0.39 is 11.9 Å². The van der Waals surface area contributed by atoms with Crippen LogP contribution in [-0.2, 0) is 0 Å². The summed E-state index contributed by atoms with van der Waals surface area (Å²) < 4.78 is 7.88. The zero-order chi connectivity index (χ0) is 21.3. The summed E-state index contributed by atoms with van der Waals surface area (Å²) in [6.07, 6.45) is 0. The Morgan fingerprint density at radius 2 is 1.79 bits per heavy atom. The topological polar surface area (TPSA) is 75.6 Å². The molecule has 29 heavy (non-hydrogen) atoms. The van der Waals surface area contributed by atoms with E-state index in [0.29, 0.717) is 31.0 Å². The largest absolute Gasteiger partial charge is 0.494 e. The van der Waals surface area contributed by atoms with Crippen molar-refractivity contribution in [3.8, 4) is 16.9 Å². The predicted molar refractivity (Wildman–Crippen MR) is 141 cm³/mol. The zero-order valence-electron chi connectivity index (χ0n) is 14.6. The standard InChI is InChI=1S/C19H11ClI3NO4S/c1-28-16-14(22)10(6-12(21)15(16)23)17(25)24-18-13(19(26)27)11(7-29-18)8-2-4-9(20)5-3-8/h2-7H,1H3,(H,24,25)(H,26,27). The molecule has 2 aromatic carbocycles. The quantitative estimate of drug-likeness (QED) is 0.221. The molecule has 1 heterocycles. The number of carboxylic acids is 1. The average molecular weight is 766 g/mol. The van der Waals surface area contributed by atoms with Gasteiger partial charge >= 0.3 is 5.97 Å². The summed E-state index contributed by atoms with van der Waals surface area (Å²) in [7, 11) is 1.55. The van der Waals surface area contributed by atoms with Gasteiger partial charge in [-0.1, -0.05) is 23.7 Å². The van der Waals surface area contributed by atoms with E-state index in [1.807, 2.05) is 0 Å². The third-order valence-corrected chi connectivity index (χ3v) is 9.12. The number of carbonyl (C=O) groups is 2. The van der Waals surface area contributed by atoms with Gasteiger partial charge in [0.15, 0.2) is 0 Å². The molecule has 2 N–H and O–H groups in total. The van der Waals surface area contributed by atoms with Crippen molar-refractivity contribution in [3.05, 3.63) is 62.6 Å². The first-order valence-electron chi connectivity index (χ1n) is 7.88. The summed E-state index contributed by atoms with van der Waals surface area (Å²) in [6.45, 7) is 0. The van der Waals surface area contributed by atoms with Crippen molar-refractivity contribution in [2.24, 2.45) is 0 Å². The highest BCUT2D eigenvalue weighted by atomic mass is 127. The number of rotatable bonds is 5. The molecule has 0 spiro atoms. The van der Waals surface area contributed by atoms with Gasteiger partial charge in [0.05, 0.1) is 19.8 Å². The van der Waals surface area contributed by atoms with Crippen LogP contribution in [0.3, 0.4) is 0 Å². The molecule has 0 bridgehead atoms. The van der Waals surface area contributed by atoms with Crippen LogP contribution in [0.1, 0.15) is 20.7 Å². The van der Waals surface area contributed by atoms with Gasteiger partial charge < -0.3 is 15.2 Å². The second kappa shape index (κ2) is 9.66. The summed E-state index contributed by atoms with van der Waals surface area (Å²) in [5.74, 6) is -0.889. The maximum absolute atomic E-state index is 13.0. The fourth-order valence-corrected chi connectivity index (χ4v) is 6.29. The van der Waals surface area contributed by atoms with Gasteiger partial charge in [0.1, 0.15) is 16.3 Å². The predicted octanol–water partition coefficient (Wildman–Crippen LogP) is 6.84. The van der Waals surface area contributed by atoms with Crippen molar-refractivity contribution >= 4 is 108 Å². The first kappa shape index (κ1) is 23.0. The molecule has 0 saturated heterocycles. The minimum Gasteiger partial charge on any atom is -0.494 e. The number of amides is 1. The van der Waals surface area contributed by atoms with E-state index in [4.69, 9.17) is 16.3 Å². The smallest absolute Gasteiger partial charge is 0.339 e. The minimum atomic E-state index is -1.11. The van der Waals surface area contributed by atoms with Crippen LogP contribution in [0.25, 0.3) is 11.1 Å². The van der Waals surface area contributed by atoms with Crippen LogP contribution in [0.5, 0.6) is 5.75 Å². The number of hydrogen-bond donors (Lipinski definition) is 2. The lowest BCUT2D eigenvalue weighted by molar-refractivity contribution is 0.0699. The number of hydrogen-bond acceptors (Lipinski definition) is 4. The molecule has 0 aliphatic carbocycles. The Bertz CT molecular complexity index is 1120. The maximum atomic E-state index is 13.0. The number of nitrogens with one attached hydrogen (secondary N) is 1. The maximum Gasteiger partial charge on any atom is 0.339 e. The highest BCUT2D eigenvalue weighted by Gasteiger charge is 2.24. The van der Waals surface area contributed by atoms with E-state index in [9.17, 15) is 14.7 Å². The molecule has 5 nitrogen and oxygen atoms in total. The van der Waals surface area contributed by atoms with Crippen molar-refractivity contribution in [1.82, 2.24) is 0 Å². The van der Waals surface area contributed by atoms with E-state index in [-0.39, 0.29) is 10.6 Å². The molecule has 1 amide bonds. The van der Waals surface area contributed by atoms with Crippen molar-refractivity contribution in [1.29, 1.82) is 0 Å². The molecule has 0 radical (unpaired) electrons. The van der Waals surface area contributed by atoms with Gasteiger partial charge in [0, 0.05) is 19.5 Å². The summed E-state index contributed by atoms with van der Waals surface area (Å²) >= 11 is 13.5. The van der Waals surface area contributed by atoms with Crippen LogP contribution in [0, 0.1) is 10.7 Å². The molecular weight excluding hydrogens is 754 g/mol. The molecule has 150 valence electrons. The third kappa shape index (κ3) is 4.83. The van der Waals surface area contributed by atoms with E-state index in [1.165, 1.54) is 11.3 Å². The van der Waals surface area contributed by atoms with Gasteiger partial charge in [-0.05, 0) is 91.5 Å². The number of carboxylic acid groups (broad SMARTS) is 1. The summed E-state index contributed by atoms with van der Waals surface area (Å²) in [5.41, 5.74) is 1.71. The number of carbonyl (C=O) groups excluding carboxylic acids is 1. The third-order valence-electron chi connectivity index (χ3n) is 3.95. The molecule has 0 aliphatic heterocycles. The Labute approximate surface area is 216 Å². The van der Waals surface area contributed by atoms with Crippen molar-refractivity contribution in [3.63, 3.8) is 0 Å². The van der Waals surface area contributed by atoms with Gasteiger partial charge in [0.2, 0.25) is 0 Å². The molecule has 3 aromatic rings. The molecule has 0 unspecified atom stereocenters. The van der Waals surface area contributed by atoms with Crippen LogP contribution in [-0.4, -0.2) is 24.1 Å². The summed E-state index contributed by atoms with van der Waals surface area (Å²) in [6, 6.07) is 8.65. The fraction of sp³-hybridized carbons (Fsp3) is 0.0526. The molecule has 0 saturated carbocycles. The number of ether oxygens (including phenoxy) is 1. The lowest BCUT2D eigenvalue weighted by atomic mass is 10.0. The van der Waals surface area contributed by atoms with E-state index in [1.54, 1.807) is 42.8 Å². The van der Waals surface area contributed by atoms with Gasteiger partial charge in [-0.15, -0.1) is 11.3 Å². The van der Waals surface area contributed by atoms with Crippen molar-refractivity contribution in [2.45, 2.75) is 0 Å². The van der Waals surface area contributed by atoms with Gasteiger partial charge in [0.25, 0.3) is 5.91 Å².